The van der Waals surface area contributed by atoms with Gasteiger partial charge in [-0.1, -0.05) is 60.7 Å². The molecular formula is C21H20N2O4S. The van der Waals surface area contributed by atoms with Crippen molar-refractivity contribution in [3.05, 3.63) is 77.3 Å². The maximum absolute atomic E-state index is 12.1. The third-order valence-corrected chi connectivity index (χ3v) is 4.92. The summed E-state index contributed by atoms with van der Waals surface area (Å²) >= 11 is 1.48. The summed E-state index contributed by atoms with van der Waals surface area (Å²) in [5.41, 5.74) is 2.56. The van der Waals surface area contributed by atoms with Crippen molar-refractivity contribution >= 4 is 23.4 Å². The predicted molar refractivity (Wildman–Crippen MR) is 107 cm³/mol. The summed E-state index contributed by atoms with van der Waals surface area (Å²) in [5.74, 6) is -0.550. The van der Waals surface area contributed by atoms with Crippen molar-refractivity contribution < 1.29 is 19.1 Å². The van der Waals surface area contributed by atoms with Crippen molar-refractivity contribution in [2.45, 2.75) is 19.1 Å². The first-order chi connectivity index (χ1) is 13.7. The third kappa shape index (κ3) is 5.40. The van der Waals surface area contributed by atoms with Gasteiger partial charge < -0.3 is 14.8 Å². The van der Waals surface area contributed by atoms with Gasteiger partial charge in [0.25, 0.3) is 0 Å². The molecule has 3 aromatic rings. The summed E-state index contributed by atoms with van der Waals surface area (Å²) in [6.07, 6.45) is -0.464. The highest BCUT2D eigenvalue weighted by molar-refractivity contribution is 7.13. The smallest absolute Gasteiger partial charge is 0.408 e. The highest BCUT2D eigenvalue weighted by Crippen LogP contribution is 2.23. The normalized spacial score (nSPS) is 11.5. The second-order valence-electron chi connectivity index (χ2n) is 6.00. The van der Waals surface area contributed by atoms with Crippen LogP contribution in [0.1, 0.15) is 11.3 Å². The fourth-order valence-corrected chi connectivity index (χ4v) is 3.40. The number of amides is 1. The van der Waals surface area contributed by atoms with Gasteiger partial charge in [-0.05, 0) is 5.56 Å². The fraction of sp³-hybridized carbons (Fsp3) is 0.190. The molecule has 7 heteroatoms. The van der Waals surface area contributed by atoms with E-state index in [4.69, 9.17) is 9.47 Å². The average Bonchev–Trinajstić information content (AvgIpc) is 3.21. The number of nitrogens with one attached hydrogen (secondary N) is 1. The molecular weight excluding hydrogens is 376 g/mol. The number of benzene rings is 2. The number of rotatable bonds is 7. The minimum atomic E-state index is -0.876. The van der Waals surface area contributed by atoms with E-state index in [0.717, 1.165) is 16.1 Å². The minimum absolute atomic E-state index is 0.120. The van der Waals surface area contributed by atoms with Gasteiger partial charge >= 0.3 is 12.1 Å². The monoisotopic (exact) mass is 396 g/mol. The number of alkyl carbamates (subject to hydrolysis) is 1. The second-order valence-corrected chi connectivity index (χ2v) is 6.85. The molecule has 144 valence electrons. The molecule has 0 saturated carbocycles. The standard InChI is InChI=1S/C21H20N2O4S/c1-26-20(24)18(23-21(25)27-13-15-8-4-2-5-9-15)12-17-14-28-19(22-17)16-10-6-3-7-11-16/h2-11,14,18H,12-13H2,1H3,(H,23,25). The van der Waals surface area contributed by atoms with Crippen LogP contribution in [0.25, 0.3) is 10.6 Å². The molecule has 0 bridgehead atoms. The van der Waals surface area contributed by atoms with E-state index in [1.54, 1.807) is 0 Å². The number of esters is 1. The number of carbonyl (C=O) groups is 2. The molecule has 3 rings (SSSR count). The van der Waals surface area contributed by atoms with E-state index in [0.29, 0.717) is 5.69 Å². The Morgan fingerprint density at radius 3 is 2.43 bits per heavy atom. The van der Waals surface area contributed by atoms with E-state index in [-0.39, 0.29) is 13.0 Å². The van der Waals surface area contributed by atoms with Crippen LogP contribution in [0, 0.1) is 0 Å². The first-order valence-electron chi connectivity index (χ1n) is 8.70. The Balaban J connectivity index is 1.61. The van der Waals surface area contributed by atoms with E-state index in [9.17, 15) is 9.59 Å². The third-order valence-electron chi connectivity index (χ3n) is 3.98. The second kappa shape index (κ2) is 9.66. The van der Waals surface area contributed by atoms with Gasteiger partial charge in [0, 0.05) is 17.4 Å². The molecule has 1 aromatic heterocycles. The van der Waals surface area contributed by atoms with Crippen molar-refractivity contribution in [1.82, 2.24) is 10.3 Å². The van der Waals surface area contributed by atoms with Crippen molar-refractivity contribution in [1.29, 1.82) is 0 Å². The lowest BCUT2D eigenvalue weighted by Gasteiger charge is -2.15. The number of hydrogen-bond acceptors (Lipinski definition) is 6. The van der Waals surface area contributed by atoms with Crippen LogP contribution in [0.2, 0.25) is 0 Å². The van der Waals surface area contributed by atoms with E-state index >= 15 is 0 Å². The maximum Gasteiger partial charge on any atom is 0.408 e. The lowest BCUT2D eigenvalue weighted by atomic mass is 10.1. The van der Waals surface area contributed by atoms with E-state index < -0.39 is 18.1 Å². The molecule has 1 amide bonds. The Morgan fingerprint density at radius 2 is 1.75 bits per heavy atom. The highest BCUT2D eigenvalue weighted by Gasteiger charge is 2.24. The Bertz CT molecular complexity index is 912. The summed E-state index contributed by atoms with van der Waals surface area (Å²) in [7, 11) is 1.28. The Hall–Kier alpha value is -3.19. The summed E-state index contributed by atoms with van der Waals surface area (Å²) in [6, 6.07) is 18.2. The number of aromatic nitrogens is 1. The van der Waals surface area contributed by atoms with Crippen LogP contribution in [-0.4, -0.2) is 30.2 Å². The fourth-order valence-electron chi connectivity index (χ4n) is 2.57. The van der Waals surface area contributed by atoms with Crippen molar-refractivity contribution in [3.8, 4) is 10.6 Å². The van der Waals surface area contributed by atoms with Gasteiger partial charge in [0.1, 0.15) is 17.7 Å². The first-order valence-corrected chi connectivity index (χ1v) is 9.58. The van der Waals surface area contributed by atoms with Crippen LogP contribution in [0.5, 0.6) is 0 Å². The van der Waals surface area contributed by atoms with Crippen molar-refractivity contribution in [3.63, 3.8) is 0 Å². The summed E-state index contributed by atoms with van der Waals surface area (Å²) in [4.78, 5) is 28.7. The Kier molecular flexibility index (Phi) is 6.75. The highest BCUT2D eigenvalue weighted by atomic mass is 32.1. The lowest BCUT2D eigenvalue weighted by Crippen LogP contribution is -2.43. The average molecular weight is 396 g/mol. The molecule has 6 nitrogen and oxygen atoms in total. The first kappa shape index (κ1) is 19.6. The summed E-state index contributed by atoms with van der Waals surface area (Å²) < 4.78 is 10.00. The van der Waals surface area contributed by atoms with Crippen molar-refractivity contribution in [2.24, 2.45) is 0 Å². The molecule has 1 unspecified atom stereocenters. The van der Waals surface area contributed by atoms with Gasteiger partial charge in [-0.2, -0.15) is 0 Å². The molecule has 1 N–H and O–H groups in total. The molecule has 0 aliphatic carbocycles. The van der Waals surface area contributed by atoms with Crippen LogP contribution in [0.15, 0.2) is 66.0 Å². The van der Waals surface area contributed by atoms with Crippen molar-refractivity contribution in [2.75, 3.05) is 7.11 Å². The van der Waals surface area contributed by atoms with Gasteiger partial charge in [-0.15, -0.1) is 11.3 Å². The molecule has 2 aromatic carbocycles. The molecule has 0 fully saturated rings. The zero-order valence-corrected chi connectivity index (χ0v) is 16.1. The number of methoxy groups -OCH3 is 1. The van der Waals surface area contributed by atoms with E-state index in [2.05, 4.69) is 10.3 Å². The lowest BCUT2D eigenvalue weighted by molar-refractivity contribution is -0.143. The molecule has 0 aliphatic heterocycles. The summed E-state index contributed by atoms with van der Waals surface area (Å²) in [5, 5.41) is 5.29. The zero-order valence-electron chi connectivity index (χ0n) is 15.3. The topological polar surface area (TPSA) is 77.5 Å². The van der Waals surface area contributed by atoms with Gasteiger partial charge in [0.15, 0.2) is 0 Å². The van der Waals surface area contributed by atoms with E-state index in [1.807, 2.05) is 66.0 Å². The quantitative estimate of drug-likeness (QED) is 0.615. The summed E-state index contributed by atoms with van der Waals surface area (Å²) in [6.45, 7) is 0.120. The molecule has 0 aliphatic rings. The minimum Gasteiger partial charge on any atom is -0.467 e. The number of carbonyl (C=O) groups excluding carboxylic acids is 2. The molecule has 0 saturated heterocycles. The van der Waals surface area contributed by atoms with Gasteiger partial charge in [-0.3, -0.25) is 0 Å². The van der Waals surface area contributed by atoms with Gasteiger partial charge in [0.2, 0.25) is 0 Å². The molecule has 28 heavy (non-hydrogen) atoms. The number of hydrogen-bond donors (Lipinski definition) is 1. The van der Waals surface area contributed by atoms with Gasteiger partial charge in [-0.25, -0.2) is 14.6 Å². The number of nitrogens with zero attached hydrogens (tertiary/aromatic N) is 1. The van der Waals surface area contributed by atoms with Crippen LogP contribution >= 0.6 is 11.3 Å². The SMILES string of the molecule is COC(=O)C(Cc1csc(-c2ccccc2)n1)NC(=O)OCc1ccccc1. The van der Waals surface area contributed by atoms with Crippen LogP contribution in [-0.2, 0) is 27.3 Å². The number of ether oxygens (including phenoxy) is 2. The van der Waals surface area contributed by atoms with Crippen LogP contribution in [0.3, 0.4) is 0 Å². The Morgan fingerprint density at radius 1 is 1.07 bits per heavy atom. The number of thiazole rings is 1. The molecule has 0 radical (unpaired) electrons. The molecule has 1 atom stereocenters. The zero-order chi connectivity index (χ0) is 19.8. The molecule has 0 spiro atoms. The van der Waals surface area contributed by atoms with Crippen LogP contribution < -0.4 is 5.32 Å². The molecule has 1 heterocycles. The van der Waals surface area contributed by atoms with E-state index in [1.165, 1.54) is 18.4 Å². The maximum atomic E-state index is 12.1. The van der Waals surface area contributed by atoms with Gasteiger partial charge in [0.05, 0.1) is 12.8 Å². The largest absolute Gasteiger partial charge is 0.467 e. The predicted octanol–water partition coefficient (Wildman–Crippen LogP) is 3.82. The Labute approximate surface area is 167 Å². The van der Waals surface area contributed by atoms with Crippen LogP contribution in [0.4, 0.5) is 4.79 Å².